The van der Waals surface area contributed by atoms with Crippen molar-refractivity contribution in [2.75, 3.05) is 16.8 Å². The summed E-state index contributed by atoms with van der Waals surface area (Å²) in [7, 11) is 0. The summed E-state index contributed by atoms with van der Waals surface area (Å²) in [5, 5.41) is 1.97. The highest BCUT2D eigenvalue weighted by Gasteiger charge is 2.57. The number of fused-ring (bicyclic) bond motifs is 2. The van der Waals surface area contributed by atoms with Gasteiger partial charge in [-0.25, -0.2) is 9.69 Å². The number of nitrogens with one attached hydrogen (secondary N) is 1. The predicted octanol–water partition coefficient (Wildman–Crippen LogP) is 6.84. The summed E-state index contributed by atoms with van der Waals surface area (Å²) in [6, 6.07) is 17.6. The predicted molar refractivity (Wildman–Crippen MR) is 184 cm³/mol. The van der Waals surface area contributed by atoms with Crippen LogP contribution in [0.5, 0.6) is 0 Å². The zero-order valence-corrected chi connectivity index (χ0v) is 29.0. The van der Waals surface area contributed by atoms with E-state index in [1.165, 1.54) is 34.9 Å². The first kappa shape index (κ1) is 35.1. The Kier molecular flexibility index (Phi) is 9.29. The van der Waals surface area contributed by atoms with Crippen molar-refractivity contribution in [2.45, 2.75) is 62.0 Å². The molecule has 0 spiro atoms. The Morgan fingerprint density at radius 3 is 2.20 bits per heavy atom. The number of benzene rings is 3. The normalized spacial score (nSPS) is 18.9. The Labute approximate surface area is 293 Å². The third-order valence-electron chi connectivity index (χ3n) is 8.60. The highest BCUT2D eigenvalue weighted by Crippen LogP contribution is 2.54. The molecule has 1 aromatic heterocycles. The topological polar surface area (TPSA) is 115 Å². The molecule has 0 bridgehead atoms. The zero-order chi connectivity index (χ0) is 36.1. The molecule has 1 saturated heterocycles. The average molecular weight is 724 g/mol. The minimum Gasteiger partial charge on any atom is -0.462 e. The van der Waals surface area contributed by atoms with Crippen LogP contribution in [0, 0.1) is 5.92 Å². The number of hydrogen-bond acceptors (Lipinski definition) is 8. The van der Waals surface area contributed by atoms with Gasteiger partial charge in [-0.1, -0.05) is 74.2 Å². The van der Waals surface area contributed by atoms with Crippen LogP contribution < -0.4 is 15.1 Å². The van der Waals surface area contributed by atoms with Gasteiger partial charge in [-0.05, 0) is 65.9 Å². The smallest absolute Gasteiger partial charge is 0.416 e. The number of aromatic nitrogens is 1. The molecule has 14 heteroatoms. The number of thiazole rings is 1. The summed E-state index contributed by atoms with van der Waals surface area (Å²) < 4.78 is 47.1. The van der Waals surface area contributed by atoms with Crippen molar-refractivity contribution in [1.29, 1.82) is 0 Å². The van der Waals surface area contributed by atoms with Gasteiger partial charge in [0.05, 0.1) is 34.4 Å². The van der Waals surface area contributed by atoms with Gasteiger partial charge in [-0.15, -0.1) is 0 Å². The number of nitrogens with zero attached hydrogens (tertiary/aromatic N) is 2. The Hall–Kier alpha value is -4.69. The van der Waals surface area contributed by atoms with Crippen molar-refractivity contribution in [1.82, 2.24) is 4.57 Å². The molecule has 9 nitrogen and oxygen atoms in total. The molecule has 2 aliphatic rings. The number of carbonyl (C=O) groups excluding carboxylic acids is 4. The van der Waals surface area contributed by atoms with Crippen molar-refractivity contribution in [3.8, 4) is 0 Å². The summed E-state index contributed by atoms with van der Waals surface area (Å²) in [5.41, 5.74) is 0.965. The van der Waals surface area contributed by atoms with Crippen LogP contribution in [-0.2, 0) is 37.3 Å². The summed E-state index contributed by atoms with van der Waals surface area (Å²) in [6.45, 7) is 7.63. The molecule has 260 valence electrons. The monoisotopic (exact) mass is 723 g/mol. The Bertz CT molecular complexity index is 2050. The lowest BCUT2D eigenvalue weighted by atomic mass is 9.81. The summed E-state index contributed by atoms with van der Waals surface area (Å²) >= 11 is 1.83. The van der Waals surface area contributed by atoms with E-state index in [1.807, 2.05) is 45.0 Å². The number of ether oxygens (including phenoxy) is 1. The Morgan fingerprint density at radius 2 is 1.58 bits per heavy atom. The van der Waals surface area contributed by atoms with Crippen molar-refractivity contribution >= 4 is 58.2 Å². The minimum atomic E-state index is -4.69. The number of carbonyl (C=O) groups is 4. The number of rotatable bonds is 7. The number of anilines is 2. The van der Waals surface area contributed by atoms with Crippen LogP contribution in [0.4, 0.5) is 24.5 Å². The molecule has 0 aliphatic carbocycles. The molecule has 4 aromatic rings. The van der Waals surface area contributed by atoms with E-state index >= 15 is 0 Å². The van der Waals surface area contributed by atoms with Gasteiger partial charge in [0.15, 0.2) is 0 Å². The number of esters is 1. The van der Waals surface area contributed by atoms with Gasteiger partial charge in [0.2, 0.25) is 17.7 Å². The first-order chi connectivity index (χ1) is 23.6. The van der Waals surface area contributed by atoms with Crippen LogP contribution in [0.3, 0.4) is 0 Å². The number of imide groups is 1. The zero-order valence-electron chi connectivity index (χ0n) is 27.4. The SMILES string of the molecule is CCOC(=O)c1ccc(NC(=O)Cn2c3c(sc2=O)[C@H](c2ccc(C(C)(C)C)cc2)C2C(=O)N(c4cccc(C(F)(F)F)c4)C(=O)C2S3)cc1. The van der Waals surface area contributed by atoms with Gasteiger partial charge in [-0.3, -0.25) is 23.7 Å². The molecule has 1 N–H and O–H groups in total. The Morgan fingerprint density at radius 1 is 0.900 bits per heavy atom. The fraction of sp³-hybridized carbons (Fsp3) is 0.306. The maximum atomic E-state index is 14.1. The second-order valence-electron chi connectivity index (χ2n) is 12.9. The van der Waals surface area contributed by atoms with Crippen molar-refractivity contribution in [3.05, 3.63) is 110 Å². The summed E-state index contributed by atoms with van der Waals surface area (Å²) in [4.78, 5) is 67.7. The lowest BCUT2D eigenvalue weighted by Crippen LogP contribution is -2.33. The van der Waals surface area contributed by atoms with Crippen LogP contribution >= 0.6 is 23.1 Å². The van der Waals surface area contributed by atoms with Crippen LogP contribution in [-0.4, -0.2) is 40.1 Å². The van der Waals surface area contributed by atoms with Crippen molar-refractivity contribution in [2.24, 2.45) is 5.92 Å². The fourth-order valence-corrected chi connectivity index (χ4v) is 8.90. The van der Waals surface area contributed by atoms with E-state index in [9.17, 15) is 37.1 Å². The van der Waals surface area contributed by atoms with E-state index in [1.54, 1.807) is 6.92 Å². The molecule has 2 aliphatic heterocycles. The third-order valence-corrected chi connectivity index (χ3v) is 11.2. The molecule has 3 atom stereocenters. The standard InChI is InChI=1S/C36H32F3N3O6S2/c1-5-48-33(46)20-11-15-23(16-12-20)40-25(43)18-41-32-29(50-34(41)47)26(19-9-13-21(14-10-19)35(2,3)4)27-28(49-32)31(45)42(30(27)44)24-8-6-7-22(17-24)36(37,38)39/h6-17,26-28H,5,18H2,1-4H3,(H,40,43)/t26-,27?,28?/m1/s1. The van der Waals surface area contributed by atoms with E-state index < -0.39 is 63.9 Å². The lowest BCUT2D eigenvalue weighted by Gasteiger charge is -2.31. The second kappa shape index (κ2) is 13.2. The maximum Gasteiger partial charge on any atom is 0.416 e. The van der Waals surface area contributed by atoms with Gasteiger partial charge in [-0.2, -0.15) is 13.2 Å². The molecule has 2 unspecified atom stereocenters. The molecule has 6 rings (SSSR count). The van der Waals surface area contributed by atoms with Crippen LogP contribution in [0.15, 0.2) is 82.6 Å². The molecular weight excluding hydrogens is 692 g/mol. The van der Waals surface area contributed by atoms with Crippen molar-refractivity contribution in [3.63, 3.8) is 0 Å². The molecule has 0 saturated carbocycles. The van der Waals surface area contributed by atoms with Crippen molar-refractivity contribution < 1.29 is 37.1 Å². The van der Waals surface area contributed by atoms with Gasteiger partial charge in [0.25, 0.3) is 0 Å². The lowest BCUT2D eigenvalue weighted by molar-refractivity contribution is -0.137. The number of thioether (sulfide) groups is 1. The summed E-state index contributed by atoms with van der Waals surface area (Å²) in [5.74, 6) is -4.24. The van der Waals surface area contributed by atoms with Crippen LogP contribution in [0.2, 0.25) is 0 Å². The summed E-state index contributed by atoms with van der Waals surface area (Å²) in [6.07, 6.45) is -4.69. The van der Waals surface area contributed by atoms with E-state index in [-0.39, 0.29) is 17.7 Å². The number of alkyl halides is 3. The van der Waals surface area contributed by atoms with E-state index in [0.717, 1.165) is 51.8 Å². The first-order valence-corrected chi connectivity index (χ1v) is 17.4. The Balaban J connectivity index is 1.37. The highest BCUT2D eigenvalue weighted by atomic mass is 32.2. The van der Waals surface area contributed by atoms with Crippen LogP contribution in [0.25, 0.3) is 0 Å². The van der Waals surface area contributed by atoms with Gasteiger partial charge in [0, 0.05) is 16.5 Å². The number of hydrogen-bond donors (Lipinski definition) is 1. The quantitative estimate of drug-likeness (QED) is 0.164. The van der Waals surface area contributed by atoms with Gasteiger partial charge >= 0.3 is 17.0 Å². The molecule has 3 aromatic carbocycles. The van der Waals surface area contributed by atoms with E-state index in [4.69, 9.17) is 4.74 Å². The van der Waals surface area contributed by atoms with E-state index in [0.29, 0.717) is 26.7 Å². The molecule has 3 heterocycles. The number of amides is 3. The first-order valence-electron chi connectivity index (χ1n) is 15.7. The third kappa shape index (κ3) is 6.61. The maximum absolute atomic E-state index is 14.1. The van der Waals surface area contributed by atoms with Crippen LogP contribution in [0.1, 0.15) is 65.5 Å². The second-order valence-corrected chi connectivity index (χ2v) is 15.1. The minimum absolute atomic E-state index is 0.186. The molecule has 3 amide bonds. The average Bonchev–Trinajstić information content (AvgIpc) is 3.50. The van der Waals surface area contributed by atoms with Gasteiger partial charge < -0.3 is 10.1 Å². The molecule has 0 radical (unpaired) electrons. The van der Waals surface area contributed by atoms with Gasteiger partial charge in [0.1, 0.15) is 11.8 Å². The highest BCUT2D eigenvalue weighted by molar-refractivity contribution is 8.00. The number of halogens is 3. The largest absolute Gasteiger partial charge is 0.462 e. The molecular formula is C36H32F3N3O6S2. The van der Waals surface area contributed by atoms with E-state index in [2.05, 4.69) is 5.32 Å². The molecule has 50 heavy (non-hydrogen) atoms. The molecule has 1 fully saturated rings. The fourth-order valence-electron chi connectivity index (χ4n) is 6.13.